The number of nitrogens with zero attached hydrogens (tertiary/aromatic N) is 6. The second-order valence-electron chi connectivity index (χ2n) is 35.8. The molecule has 0 aliphatic carbocycles. The SMILES string of the molecule is C1=CB2C=c3cc4c(ccc5ccccc54)cc3=CN2C=C1.C1=CB2C=c3cc4cc5ccccc5cc4cc3=CN2C=C1.C1=CB2C=c3cc4ccc5ccccc5c4cc3=CN2C=C1.C1=CN2C=c3cc4ccccc4cc3=CB2c2ccccc21.C1=Cc2ccccc2N2C=c3cc4ccccc4cc3=CB12.C1=c2ccccc2=CN2C=c3cc4ccccc4cc3=CB12. The average Bonchev–Trinajstić information content (AvgIpc) is 0.770. The van der Waals surface area contributed by atoms with Crippen molar-refractivity contribution in [1.29, 1.82) is 0 Å². The highest BCUT2D eigenvalue weighted by molar-refractivity contribution is 6.86. The molecule has 0 unspecified atom stereocenters. The molecule has 0 atom stereocenters. The normalized spacial score (nSPS) is 15.1. The highest BCUT2D eigenvalue weighted by atomic mass is 15.1. The lowest BCUT2D eigenvalue weighted by Gasteiger charge is -2.31. The van der Waals surface area contributed by atoms with Gasteiger partial charge in [0.25, 0.3) is 0 Å². The maximum absolute atomic E-state index is 2.38. The second kappa shape index (κ2) is 33.0. The number of para-hydroxylation sites is 1. The van der Waals surface area contributed by atoms with Crippen LogP contribution in [0.25, 0.3) is 194 Å². The Morgan fingerprint density at radius 2 is 0.515 bits per heavy atom. The summed E-state index contributed by atoms with van der Waals surface area (Å²) >= 11 is 0. The van der Waals surface area contributed by atoms with Crippen LogP contribution in [-0.2, 0) is 0 Å². The zero-order valence-electron chi connectivity index (χ0n) is 72.6. The molecule has 0 aromatic heterocycles. The summed E-state index contributed by atoms with van der Waals surface area (Å²) in [4.78, 5) is 13.8. The zero-order chi connectivity index (χ0) is 87.1. The summed E-state index contributed by atoms with van der Waals surface area (Å²) < 4.78 is 0. The van der Waals surface area contributed by atoms with Gasteiger partial charge in [-0.1, -0.05) is 327 Å². The number of hydrogen-bond donors (Lipinski definition) is 0. The summed E-state index contributed by atoms with van der Waals surface area (Å²) in [6.07, 6.45) is 41.4. The number of hydrogen-bond acceptors (Lipinski definition) is 6. The van der Waals surface area contributed by atoms with Gasteiger partial charge in [0.15, 0.2) is 0 Å². The Bertz CT molecular complexity index is 8690. The predicted molar refractivity (Wildman–Crippen MR) is 572 cm³/mol. The molecule has 0 saturated carbocycles. The summed E-state index contributed by atoms with van der Waals surface area (Å²) in [5, 5.41) is 41.9. The first-order valence-corrected chi connectivity index (χ1v) is 46.0. The van der Waals surface area contributed by atoms with Gasteiger partial charge in [0.1, 0.15) is 0 Å². The molecule has 12 heteroatoms. The maximum Gasteiger partial charge on any atom is 0.320 e. The lowest BCUT2D eigenvalue weighted by atomic mass is 9.51. The summed E-state index contributed by atoms with van der Waals surface area (Å²) in [5.74, 6) is 25.4. The van der Waals surface area contributed by atoms with Crippen molar-refractivity contribution < 1.29 is 0 Å². The molecule has 0 bridgehead atoms. The largest absolute Gasteiger partial charge is 0.389 e. The lowest BCUT2D eigenvalue weighted by molar-refractivity contribution is 0.857. The van der Waals surface area contributed by atoms with E-state index in [1.165, 1.54) is 192 Å². The van der Waals surface area contributed by atoms with Crippen molar-refractivity contribution in [3.05, 3.63) is 497 Å². The topological polar surface area (TPSA) is 19.4 Å². The standard InChI is InChI=1S/6C20H14BN/c1-2-7-17-12-19-14-22-10-9-15-5-3-4-8-20(15)21(22)13-18(19)11-16(17)6-1;1-2-7-17-12-19-14-22-20-8-4-3-5-15(20)9-10-21(22)13-18(19)11-16(17)6-1;1-2-6-19-15(5-1)7-8-16-11-18-14-22-10-4-3-9-21(22)13-17(18)12-20(16)19;1-2-6-19-15(5-1)7-8-16-11-17-13-21-9-3-4-10-22(21)14-18(17)12-20(16)19;1-2-6-16-10-18-12-20-14-22-8-4-3-7-21(22)13-19(20)11-17(18)9-15(16)5-1;1-2-6-16-10-20-14-22-13-18-8-4-3-7-17(18)11-21(22)12-19(20)9-15(16)5-1/h6*1-14H. The molecule has 12 heterocycles. The Balaban J connectivity index is 0.0000000851. The quantitative estimate of drug-likeness (QED) is 0.0850. The fraction of sp³-hybridized carbons (Fsp3) is 0. The van der Waals surface area contributed by atoms with Gasteiger partial charge < -0.3 is 28.9 Å². The number of fused-ring (bicyclic) bond motifs is 28. The summed E-state index contributed by atoms with van der Waals surface area (Å²) in [7, 11) is 0. The molecule has 0 N–H and O–H groups in total. The van der Waals surface area contributed by atoms with Gasteiger partial charge in [0.2, 0.25) is 0 Å². The van der Waals surface area contributed by atoms with E-state index in [-0.39, 0.29) is 0 Å². The van der Waals surface area contributed by atoms with Crippen LogP contribution in [0, 0.1) is 0 Å². The molecule has 12 aliphatic heterocycles. The van der Waals surface area contributed by atoms with E-state index in [1.807, 2.05) is 0 Å². The Labute approximate surface area is 766 Å². The smallest absolute Gasteiger partial charge is 0.320 e. The van der Waals surface area contributed by atoms with E-state index in [4.69, 9.17) is 0 Å². The molecule has 18 aromatic carbocycles. The van der Waals surface area contributed by atoms with E-state index in [2.05, 4.69) is 539 Å². The van der Waals surface area contributed by atoms with Crippen LogP contribution in [0.4, 0.5) is 5.69 Å². The molecule has 0 radical (unpaired) electrons. The molecular formula is C120H84B6N6. The third-order valence-corrected chi connectivity index (χ3v) is 27.6. The molecule has 132 heavy (non-hydrogen) atoms. The van der Waals surface area contributed by atoms with Gasteiger partial charge in [0.05, 0.1) is 0 Å². The third-order valence-electron chi connectivity index (χ3n) is 27.6. The molecule has 12 aliphatic rings. The fourth-order valence-corrected chi connectivity index (χ4v) is 20.8. The Morgan fingerprint density at radius 3 is 1.05 bits per heavy atom. The maximum atomic E-state index is 2.38. The van der Waals surface area contributed by atoms with Crippen molar-refractivity contribution in [2.75, 3.05) is 4.81 Å². The summed E-state index contributed by atoms with van der Waals surface area (Å²) in [5.41, 5.74) is 5.26. The van der Waals surface area contributed by atoms with Crippen molar-refractivity contribution in [2.24, 2.45) is 0 Å². The highest BCUT2D eigenvalue weighted by Gasteiger charge is 2.29. The first-order valence-electron chi connectivity index (χ1n) is 46.0. The van der Waals surface area contributed by atoms with Crippen molar-refractivity contribution in [3.63, 3.8) is 0 Å². The molecule has 30 rings (SSSR count). The lowest BCUT2D eigenvalue weighted by Crippen LogP contribution is -2.50. The minimum Gasteiger partial charge on any atom is -0.389 e. The van der Waals surface area contributed by atoms with Gasteiger partial charge in [-0.2, -0.15) is 0 Å². The van der Waals surface area contributed by atoms with E-state index in [9.17, 15) is 0 Å². The molecule has 0 saturated heterocycles. The molecule has 18 aromatic rings. The van der Waals surface area contributed by atoms with Crippen molar-refractivity contribution in [2.45, 2.75) is 0 Å². The van der Waals surface area contributed by atoms with E-state index in [0.29, 0.717) is 41.1 Å². The minimum absolute atomic E-state index is 0.301. The predicted octanol–water partition coefficient (Wildman–Crippen LogP) is 15.0. The van der Waals surface area contributed by atoms with E-state index in [0.717, 1.165) is 0 Å². The summed E-state index contributed by atoms with van der Waals surface area (Å²) in [6.45, 7) is 1.94. The molecule has 0 fully saturated rings. The van der Waals surface area contributed by atoms with Gasteiger partial charge >= 0.3 is 41.1 Å². The molecule has 0 spiro atoms. The van der Waals surface area contributed by atoms with Crippen molar-refractivity contribution >= 4 is 247 Å². The monoisotopic (exact) mass is 1670 g/mol. The first kappa shape index (κ1) is 77.9. The van der Waals surface area contributed by atoms with E-state index < -0.39 is 0 Å². The molecule has 612 valence electrons. The molecule has 6 nitrogen and oxygen atoms in total. The van der Waals surface area contributed by atoms with Crippen LogP contribution in [0.15, 0.2) is 413 Å². The van der Waals surface area contributed by atoms with Gasteiger partial charge in [-0.05, 0) is 370 Å². The summed E-state index contributed by atoms with van der Waals surface area (Å²) in [6, 6.07) is 118. The molecular weight excluding hydrogens is 1590 g/mol. The number of anilines is 1. The van der Waals surface area contributed by atoms with Crippen LogP contribution in [0.2, 0.25) is 0 Å². The van der Waals surface area contributed by atoms with Gasteiger partial charge in [-0.3, -0.25) is 0 Å². The van der Waals surface area contributed by atoms with Crippen LogP contribution in [-0.4, -0.2) is 65.1 Å². The van der Waals surface area contributed by atoms with Crippen molar-refractivity contribution in [1.82, 2.24) is 24.1 Å². The Hall–Kier alpha value is -16.4. The molecule has 0 amide bonds. The van der Waals surface area contributed by atoms with Crippen LogP contribution in [0.5, 0.6) is 0 Å². The number of allylic oxidation sites excluding steroid dienone is 6. The van der Waals surface area contributed by atoms with Gasteiger partial charge in [-0.15, -0.1) is 0 Å². The zero-order valence-corrected chi connectivity index (χ0v) is 72.6. The van der Waals surface area contributed by atoms with E-state index in [1.54, 1.807) is 0 Å². The van der Waals surface area contributed by atoms with Crippen LogP contribution < -0.4 is 83.3 Å². The third kappa shape index (κ3) is 14.8. The minimum atomic E-state index is 0.301. The van der Waals surface area contributed by atoms with Crippen LogP contribution in [0.3, 0.4) is 0 Å². The average molecular weight is 1670 g/mol. The first-order chi connectivity index (χ1) is 65.3. The second-order valence-corrected chi connectivity index (χ2v) is 35.8. The highest BCUT2D eigenvalue weighted by Crippen LogP contribution is 2.31. The van der Waals surface area contributed by atoms with Gasteiger partial charge in [-0.25, -0.2) is 0 Å². The van der Waals surface area contributed by atoms with Crippen LogP contribution in [0.1, 0.15) is 11.1 Å². The van der Waals surface area contributed by atoms with Gasteiger partial charge in [0, 0.05) is 5.69 Å². The number of rotatable bonds is 0. The fourth-order valence-electron chi connectivity index (χ4n) is 20.8. The van der Waals surface area contributed by atoms with Crippen molar-refractivity contribution in [3.8, 4) is 0 Å². The van der Waals surface area contributed by atoms with E-state index >= 15 is 0 Å². The Kier molecular flexibility index (Phi) is 19.5. The Morgan fingerprint density at radius 1 is 0.174 bits per heavy atom. The number of benzene rings is 18. The van der Waals surface area contributed by atoms with Crippen LogP contribution >= 0.6 is 0 Å².